The minimum atomic E-state index is -4.48. The molecule has 0 saturated heterocycles. The lowest BCUT2D eigenvalue weighted by Gasteiger charge is -2.05. The van der Waals surface area contributed by atoms with Crippen LogP contribution in [0.1, 0.15) is 5.69 Å². The molecule has 0 unspecified atom stereocenters. The Morgan fingerprint density at radius 1 is 1.31 bits per heavy atom. The zero-order valence-electron chi connectivity index (χ0n) is 6.02. The third-order valence-electron chi connectivity index (χ3n) is 1.39. The second-order valence-corrected chi connectivity index (χ2v) is 2.22. The van der Waals surface area contributed by atoms with E-state index in [2.05, 4.69) is 20.5 Å². The van der Waals surface area contributed by atoms with Gasteiger partial charge < -0.3 is 0 Å². The van der Waals surface area contributed by atoms with Crippen LogP contribution in [-0.2, 0) is 6.18 Å². The Bertz CT molecular complexity index is 433. The summed E-state index contributed by atoms with van der Waals surface area (Å²) in [5.41, 5.74) is -0.942. The highest BCUT2D eigenvalue weighted by molar-refractivity contribution is 5.26. The molecule has 2 aromatic heterocycles. The number of rotatable bonds is 0. The monoisotopic (exact) mass is 189 g/mol. The van der Waals surface area contributed by atoms with Crippen LogP contribution in [0, 0.1) is 0 Å². The van der Waals surface area contributed by atoms with Gasteiger partial charge in [0.25, 0.3) is 5.78 Å². The lowest BCUT2D eigenvalue weighted by molar-refractivity contribution is -0.142. The maximum atomic E-state index is 12.3. The van der Waals surface area contributed by atoms with Crippen molar-refractivity contribution in [1.82, 2.24) is 25.0 Å². The second kappa shape index (κ2) is 2.38. The van der Waals surface area contributed by atoms with Crippen LogP contribution in [0.5, 0.6) is 0 Å². The summed E-state index contributed by atoms with van der Waals surface area (Å²) in [5.74, 6) is -0.171. The molecule has 0 atom stereocenters. The molecule has 0 aliphatic carbocycles. The lowest BCUT2D eigenvalue weighted by Crippen LogP contribution is -2.12. The summed E-state index contributed by atoms with van der Waals surface area (Å²) < 4.78 is 37.3. The SMILES string of the molecule is FC(F)(F)c1ccnc2nnnn12. The second-order valence-electron chi connectivity index (χ2n) is 2.22. The van der Waals surface area contributed by atoms with E-state index in [1.165, 1.54) is 0 Å². The van der Waals surface area contributed by atoms with Crippen LogP contribution in [-0.4, -0.2) is 25.0 Å². The maximum absolute atomic E-state index is 12.3. The number of alkyl halides is 3. The maximum Gasteiger partial charge on any atom is 0.433 e. The molecule has 13 heavy (non-hydrogen) atoms. The van der Waals surface area contributed by atoms with Gasteiger partial charge in [-0.2, -0.15) is 17.7 Å². The van der Waals surface area contributed by atoms with E-state index >= 15 is 0 Å². The zero-order valence-corrected chi connectivity index (χ0v) is 6.02. The van der Waals surface area contributed by atoms with E-state index in [-0.39, 0.29) is 5.78 Å². The van der Waals surface area contributed by atoms with Gasteiger partial charge in [0.05, 0.1) is 0 Å². The molecule has 0 spiro atoms. The van der Waals surface area contributed by atoms with Gasteiger partial charge in [-0.3, -0.25) is 0 Å². The molecular formula is C5H2F3N5. The standard InChI is InChI=1S/C5H2F3N5/c6-5(7,8)3-1-2-9-4-10-11-12-13(3)4/h1-2H. The quantitative estimate of drug-likeness (QED) is 0.606. The average Bonchev–Trinajstić information content (AvgIpc) is 2.48. The van der Waals surface area contributed by atoms with Crippen LogP contribution in [0.3, 0.4) is 0 Å². The third kappa shape index (κ3) is 1.19. The molecule has 0 amide bonds. The number of halogens is 3. The van der Waals surface area contributed by atoms with E-state index in [1.54, 1.807) is 0 Å². The van der Waals surface area contributed by atoms with Gasteiger partial charge in [0.2, 0.25) is 0 Å². The molecule has 2 rings (SSSR count). The summed E-state index contributed by atoms with van der Waals surface area (Å²) in [7, 11) is 0. The summed E-state index contributed by atoms with van der Waals surface area (Å²) in [6.45, 7) is 0. The molecule has 68 valence electrons. The van der Waals surface area contributed by atoms with Crippen LogP contribution in [0.2, 0.25) is 0 Å². The van der Waals surface area contributed by atoms with Crippen LogP contribution < -0.4 is 0 Å². The summed E-state index contributed by atoms with van der Waals surface area (Å²) in [4.78, 5) is 3.54. The smallest absolute Gasteiger partial charge is 0.218 e. The minimum Gasteiger partial charge on any atom is -0.218 e. The molecule has 0 radical (unpaired) electrons. The van der Waals surface area contributed by atoms with E-state index in [4.69, 9.17) is 0 Å². The summed E-state index contributed by atoms with van der Waals surface area (Å²) in [5, 5.41) is 9.52. The van der Waals surface area contributed by atoms with Crippen molar-refractivity contribution in [2.24, 2.45) is 0 Å². The number of hydrogen-bond donors (Lipinski definition) is 0. The molecule has 5 nitrogen and oxygen atoms in total. The molecule has 0 aromatic carbocycles. The summed E-state index contributed by atoms with van der Waals surface area (Å²) in [6.07, 6.45) is -3.47. The van der Waals surface area contributed by atoms with E-state index in [9.17, 15) is 13.2 Å². The zero-order chi connectivity index (χ0) is 9.47. The molecule has 8 heteroatoms. The van der Waals surface area contributed by atoms with E-state index < -0.39 is 11.9 Å². The van der Waals surface area contributed by atoms with E-state index in [0.29, 0.717) is 4.52 Å². The number of fused-ring (bicyclic) bond motifs is 1. The predicted octanol–water partition coefficient (Wildman–Crippen LogP) is 0.538. The third-order valence-corrected chi connectivity index (χ3v) is 1.39. The van der Waals surface area contributed by atoms with Gasteiger partial charge in [-0.25, -0.2) is 4.98 Å². The van der Waals surface area contributed by atoms with Crippen molar-refractivity contribution >= 4 is 5.78 Å². The van der Waals surface area contributed by atoms with Gasteiger partial charge in [0.1, 0.15) is 0 Å². The Labute approximate surface area is 69.2 Å². The highest BCUT2D eigenvalue weighted by atomic mass is 19.4. The van der Waals surface area contributed by atoms with Gasteiger partial charge in [0, 0.05) is 6.20 Å². The highest BCUT2D eigenvalue weighted by Gasteiger charge is 2.34. The average molecular weight is 189 g/mol. The lowest BCUT2D eigenvalue weighted by atomic mass is 10.4. The normalized spacial score (nSPS) is 12.2. The number of tetrazole rings is 1. The van der Waals surface area contributed by atoms with Gasteiger partial charge in [-0.15, -0.1) is 0 Å². The first-order valence-corrected chi connectivity index (χ1v) is 3.19. The first kappa shape index (κ1) is 7.90. The van der Waals surface area contributed by atoms with Crippen LogP contribution in [0.15, 0.2) is 12.3 Å². The first-order chi connectivity index (χ1) is 6.09. The van der Waals surface area contributed by atoms with Crippen molar-refractivity contribution in [3.8, 4) is 0 Å². The van der Waals surface area contributed by atoms with Crippen molar-refractivity contribution in [3.63, 3.8) is 0 Å². The predicted molar refractivity (Wildman–Crippen MR) is 33.6 cm³/mol. The van der Waals surface area contributed by atoms with Crippen molar-refractivity contribution in [1.29, 1.82) is 0 Å². The van der Waals surface area contributed by atoms with Crippen molar-refractivity contribution in [2.75, 3.05) is 0 Å². The number of aromatic nitrogens is 5. The number of nitrogens with zero attached hydrogens (tertiary/aromatic N) is 5. The van der Waals surface area contributed by atoms with Crippen LogP contribution in [0.4, 0.5) is 13.2 Å². The molecule has 0 bridgehead atoms. The van der Waals surface area contributed by atoms with Crippen molar-refractivity contribution in [3.05, 3.63) is 18.0 Å². The van der Waals surface area contributed by atoms with Gasteiger partial charge in [0.15, 0.2) is 5.69 Å². The fourth-order valence-electron chi connectivity index (χ4n) is 0.878. The van der Waals surface area contributed by atoms with Gasteiger partial charge in [-0.05, 0) is 16.5 Å². The fourth-order valence-corrected chi connectivity index (χ4v) is 0.878. The summed E-state index contributed by atoms with van der Waals surface area (Å²) in [6, 6.07) is 0.809. The Morgan fingerprint density at radius 3 is 2.77 bits per heavy atom. The molecule has 2 heterocycles. The summed E-state index contributed by atoms with van der Waals surface area (Å²) >= 11 is 0. The van der Waals surface area contributed by atoms with Gasteiger partial charge >= 0.3 is 6.18 Å². The van der Waals surface area contributed by atoms with Gasteiger partial charge in [-0.1, -0.05) is 5.10 Å². The topological polar surface area (TPSA) is 56.0 Å². The largest absolute Gasteiger partial charge is 0.433 e. The molecule has 0 N–H and O–H groups in total. The fraction of sp³-hybridized carbons (Fsp3) is 0.200. The van der Waals surface area contributed by atoms with Crippen molar-refractivity contribution < 1.29 is 13.2 Å². The highest BCUT2D eigenvalue weighted by Crippen LogP contribution is 2.27. The van der Waals surface area contributed by atoms with Crippen molar-refractivity contribution in [2.45, 2.75) is 6.18 Å². The molecular weight excluding hydrogens is 187 g/mol. The van der Waals surface area contributed by atoms with E-state index in [1.807, 2.05) is 0 Å². The Balaban J connectivity index is 2.75. The minimum absolute atomic E-state index is 0.171. The Morgan fingerprint density at radius 2 is 2.08 bits per heavy atom. The molecule has 0 saturated carbocycles. The van der Waals surface area contributed by atoms with Crippen LogP contribution in [0.25, 0.3) is 5.78 Å². The number of hydrogen-bond acceptors (Lipinski definition) is 4. The Hall–Kier alpha value is -1.73. The first-order valence-electron chi connectivity index (χ1n) is 3.19. The molecule has 0 aliphatic rings. The molecule has 0 aliphatic heterocycles. The Kier molecular flexibility index (Phi) is 1.44. The van der Waals surface area contributed by atoms with E-state index in [0.717, 1.165) is 12.3 Å². The molecule has 0 fully saturated rings. The molecule has 2 aromatic rings. The van der Waals surface area contributed by atoms with Crippen LogP contribution >= 0.6 is 0 Å².